The fourth-order valence-electron chi connectivity index (χ4n) is 2.12. The van der Waals surface area contributed by atoms with E-state index in [0.29, 0.717) is 11.6 Å². The maximum absolute atomic E-state index is 12.6. The van der Waals surface area contributed by atoms with Gasteiger partial charge in [-0.25, -0.2) is 8.42 Å². The highest BCUT2D eigenvalue weighted by Gasteiger charge is 2.26. The van der Waals surface area contributed by atoms with Crippen molar-refractivity contribution in [3.8, 4) is 0 Å². The summed E-state index contributed by atoms with van der Waals surface area (Å²) in [5.41, 5.74) is -0.692. The van der Waals surface area contributed by atoms with E-state index >= 15 is 0 Å². The first kappa shape index (κ1) is 23.4. The molecule has 0 bridgehead atoms. The number of amides is 1. The molecule has 152 valence electrons. The van der Waals surface area contributed by atoms with Crippen molar-refractivity contribution in [1.29, 1.82) is 0 Å². The van der Waals surface area contributed by atoms with E-state index in [4.69, 9.17) is 16.3 Å². The molecule has 0 saturated carbocycles. The molecule has 1 amide bonds. The molecule has 0 aliphatic heterocycles. The van der Waals surface area contributed by atoms with Gasteiger partial charge in [0, 0.05) is 18.1 Å². The smallest absolute Gasteiger partial charge is 0.326 e. The Morgan fingerprint density at radius 2 is 1.63 bits per heavy atom. The summed E-state index contributed by atoms with van der Waals surface area (Å²) in [6.45, 7) is 5.56. The lowest BCUT2D eigenvalue weighted by molar-refractivity contribution is -0.158. The summed E-state index contributed by atoms with van der Waals surface area (Å²) in [5, 5.41) is 0.401. The van der Waals surface area contributed by atoms with Gasteiger partial charge >= 0.3 is 5.97 Å². The van der Waals surface area contributed by atoms with Crippen LogP contribution in [-0.2, 0) is 24.2 Å². The molecule has 0 aromatic heterocycles. The summed E-state index contributed by atoms with van der Waals surface area (Å²) in [4.78, 5) is 27.8. The van der Waals surface area contributed by atoms with Crippen molar-refractivity contribution in [3.63, 3.8) is 0 Å². The highest BCUT2D eigenvalue weighted by molar-refractivity contribution is 7.92. The van der Waals surface area contributed by atoms with Crippen molar-refractivity contribution in [2.24, 2.45) is 0 Å². The van der Waals surface area contributed by atoms with Gasteiger partial charge in [0.05, 0.1) is 4.90 Å². The number of nitrogens with zero attached hydrogens (tertiary/aromatic N) is 2. The van der Waals surface area contributed by atoms with Crippen LogP contribution in [0, 0.1) is 0 Å². The van der Waals surface area contributed by atoms with E-state index in [1.165, 1.54) is 29.2 Å². The van der Waals surface area contributed by atoms with Crippen LogP contribution in [0.1, 0.15) is 20.8 Å². The third kappa shape index (κ3) is 8.73. The molecule has 9 heteroatoms. The predicted octanol–water partition coefficient (Wildman–Crippen LogP) is 1.85. The zero-order valence-electron chi connectivity index (χ0n) is 16.4. The first-order chi connectivity index (χ1) is 12.3. The molecule has 1 aromatic carbocycles. The second-order valence-corrected chi connectivity index (χ2v) is 9.84. The summed E-state index contributed by atoms with van der Waals surface area (Å²) < 4.78 is 30.2. The second kappa shape index (κ2) is 9.52. The highest BCUT2D eigenvalue weighted by Crippen LogP contribution is 2.16. The summed E-state index contributed by atoms with van der Waals surface area (Å²) in [5.74, 6) is -1.97. The number of esters is 1. The minimum Gasteiger partial charge on any atom is -0.459 e. The molecule has 7 nitrogen and oxygen atoms in total. The summed E-state index contributed by atoms with van der Waals surface area (Å²) in [7, 11) is -0.206. The van der Waals surface area contributed by atoms with Crippen molar-refractivity contribution in [3.05, 3.63) is 29.3 Å². The van der Waals surface area contributed by atoms with Crippen LogP contribution in [0.2, 0.25) is 5.02 Å². The molecule has 0 spiro atoms. The van der Waals surface area contributed by atoms with Crippen molar-refractivity contribution in [2.45, 2.75) is 31.3 Å². The van der Waals surface area contributed by atoms with E-state index in [-0.39, 0.29) is 18.0 Å². The van der Waals surface area contributed by atoms with Crippen LogP contribution in [0.25, 0.3) is 0 Å². The van der Waals surface area contributed by atoms with Gasteiger partial charge in [-0.05, 0) is 59.1 Å². The Balaban J connectivity index is 2.91. The molecule has 0 atom stereocenters. The van der Waals surface area contributed by atoms with E-state index in [0.717, 1.165) is 0 Å². The molecule has 0 heterocycles. The molecule has 0 unspecified atom stereocenters. The van der Waals surface area contributed by atoms with Gasteiger partial charge in [-0.2, -0.15) is 0 Å². The Morgan fingerprint density at radius 1 is 1.07 bits per heavy atom. The Kier molecular flexibility index (Phi) is 8.25. The third-order valence-corrected chi connectivity index (χ3v) is 5.27. The molecule has 1 rings (SSSR count). The van der Waals surface area contributed by atoms with Gasteiger partial charge < -0.3 is 14.5 Å². The lowest BCUT2D eigenvalue weighted by atomic mass is 10.2. The molecule has 0 N–H and O–H groups in total. The van der Waals surface area contributed by atoms with Gasteiger partial charge in [0.15, 0.2) is 9.84 Å². The minimum absolute atomic E-state index is 0.00470. The SMILES string of the molecule is CN(C)CCN(CC(=O)OC(C)(C)C)C(=O)CS(=O)(=O)c1ccc(Cl)cc1. The predicted molar refractivity (Wildman–Crippen MR) is 104 cm³/mol. The fraction of sp³-hybridized carbons (Fsp3) is 0.556. The molecule has 27 heavy (non-hydrogen) atoms. The summed E-state index contributed by atoms with van der Waals surface area (Å²) >= 11 is 5.77. The Labute approximate surface area is 166 Å². The van der Waals surface area contributed by atoms with Gasteiger partial charge in [-0.3, -0.25) is 9.59 Å². The number of hydrogen-bond acceptors (Lipinski definition) is 6. The minimum atomic E-state index is -3.85. The van der Waals surface area contributed by atoms with Crippen molar-refractivity contribution >= 4 is 33.3 Å². The molecular formula is C18H27ClN2O5S. The molecule has 0 fully saturated rings. The number of hydrogen-bond donors (Lipinski definition) is 0. The molecule has 0 aliphatic rings. The van der Waals surface area contributed by atoms with E-state index in [1.807, 2.05) is 19.0 Å². The maximum atomic E-state index is 12.6. The van der Waals surface area contributed by atoms with E-state index < -0.39 is 33.1 Å². The molecule has 0 radical (unpaired) electrons. The number of carbonyl (C=O) groups excluding carboxylic acids is 2. The van der Waals surface area contributed by atoms with Gasteiger partial charge in [-0.1, -0.05) is 11.6 Å². The Morgan fingerprint density at radius 3 is 2.11 bits per heavy atom. The normalized spacial score (nSPS) is 12.1. The summed E-state index contributed by atoms with van der Waals surface area (Å²) in [6.07, 6.45) is 0. The second-order valence-electron chi connectivity index (χ2n) is 7.42. The number of likely N-dealkylation sites (N-methyl/N-ethyl adjacent to an activating group) is 1. The standard InChI is InChI=1S/C18H27ClN2O5S/c1-18(2,3)26-17(23)12-21(11-10-20(4)5)16(22)13-27(24,25)15-8-6-14(19)7-9-15/h6-9H,10-13H2,1-5H3. The molecule has 0 saturated heterocycles. The lowest BCUT2D eigenvalue weighted by Crippen LogP contribution is -2.44. The van der Waals surface area contributed by atoms with Crippen LogP contribution in [0.5, 0.6) is 0 Å². The van der Waals surface area contributed by atoms with Crippen LogP contribution in [-0.4, -0.2) is 75.2 Å². The van der Waals surface area contributed by atoms with Crippen molar-refractivity contribution < 1.29 is 22.7 Å². The number of sulfone groups is 1. The van der Waals surface area contributed by atoms with E-state index in [1.54, 1.807) is 20.8 Å². The molecule has 0 aliphatic carbocycles. The van der Waals surface area contributed by atoms with Gasteiger partial charge in [0.25, 0.3) is 0 Å². The Bertz CT molecular complexity index is 755. The average Bonchev–Trinajstić information content (AvgIpc) is 2.49. The maximum Gasteiger partial charge on any atom is 0.326 e. The fourth-order valence-corrected chi connectivity index (χ4v) is 3.47. The molecule has 1 aromatic rings. The quantitative estimate of drug-likeness (QED) is 0.599. The highest BCUT2D eigenvalue weighted by atomic mass is 35.5. The topological polar surface area (TPSA) is 84.0 Å². The van der Waals surface area contributed by atoms with Crippen LogP contribution < -0.4 is 0 Å². The average molecular weight is 419 g/mol. The van der Waals surface area contributed by atoms with Crippen molar-refractivity contribution in [1.82, 2.24) is 9.80 Å². The number of halogens is 1. The third-order valence-electron chi connectivity index (χ3n) is 3.40. The zero-order valence-corrected chi connectivity index (χ0v) is 17.9. The largest absolute Gasteiger partial charge is 0.459 e. The van der Waals surface area contributed by atoms with Crippen LogP contribution in [0.4, 0.5) is 0 Å². The number of ether oxygens (including phenoxy) is 1. The van der Waals surface area contributed by atoms with Crippen molar-refractivity contribution in [2.75, 3.05) is 39.5 Å². The number of benzene rings is 1. The lowest BCUT2D eigenvalue weighted by Gasteiger charge is -2.26. The van der Waals surface area contributed by atoms with Gasteiger partial charge in [0.2, 0.25) is 5.91 Å². The zero-order chi connectivity index (χ0) is 20.8. The number of rotatable bonds is 8. The van der Waals surface area contributed by atoms with Crippen LogP contribution >= 0.6 is 11.6 Å². The summed E-state index contributed by atoms with van der Waals surface area (Å²) in [6, 6.07) is 5.60. The first-order valence-corrected chi connectivity index (χ1v) is 10.5. The Hall–Kier alpha value is -1.64. The van der Waals surface area contributed by atoms with E-state index in [2.05, 4.69) is 0 Å². The molecular weight excluding hydrogens is 392 g/mol. The van der Waals surface area contributed by atoms with Crippen LogP contribution in [0.15, 0.2) is 29.2 Å². The monoisotopic (exact) mass is 418 g/mol. The number of carbonyl (C=O) groups is 2. The van der Waals surface area contributed by atoms with Crippen LogP contribution in [0.3, 0.4) is 0 Å². The van der Waals surface area contributed by atoms with Gasteiger partial charge in [-0.15, -0.1) is 0 Å². The first-order valence-electron chi connectivity index (χ1n) is 8.43. The van der Waals surface area contributed by atoms with Gasteiger partial charge in [0.1, 0.15) is 17.9 Å². The van der Waals surface area contributed by atoms with E-state index in [9.17, 15) is 18.0 Å².